The molecule has 132 valence electrons. The Kier molecular flexibility index (Phi) is 5.12. The monoisotopic (exact) mass is 349 g/mol. The molecule has 0 aliphatic rings. The third-order valence-corrected chi connectivity index (χ3v) is 4.03. The van der Waals surface area contributed by atoms with Gasteiger partial charge in [0.1, 0.15) is 0 Å². The minimum atomic E-state index is -0.501. The van der Waals surface area contributed by atoms with Crippen molar-refractivity contribution >= 4 is 11.8 Å². The second kappa shape index (κ2) is 7.65. The number of benzene rings is 2. The quantitative estimate of drug-likeness (QED) is 0.741. The Morgan fingerprint density at radius 2 is 1.73 bits per heavy atom. The lowest BCUT2D eigenvalue weighted by Crippen LogP contribution is -2.30. The van der Waals surface area contributed by atoms with Crippen LogP contribution in [-0.2, 0) is 13.1 Å². The van der Waals surface area contributed by atoms with Crippen LogP contribution in [0.5, 0.6) is 0 Å². The van der Waals surface area contributed by atoms with E-state index in [9.17, 15) is 9.59 Å². The Morgan fingerprint density at radius 1 is 1.04 bits per heavy atom. The molecule has 3 rings (SSSR count). The van der Waals surface area contributed by atoms with Gasteiger partial charge in [-0.3, -0.25) is 9.59 Å². The Labute approximate surface area is 151 Å². The molecule has 3 aromatic rings. The van der Waals surface area contributed by atoms with Crippen LogP contribution in [0.15, 0.2) is 65.4 Å². The predicted molar refractivity (Wildman–Crippen MR) is 96.2 cm³/mol. The second-order valence-electron chi connectivity index (χ2n) is 5.98. The van der Waals surface area contributed by atoms with Crippen molar-refractivity contribution in [1.82, 2.24) is 9.88 Å². The van der Waals surface area contributed by atoms with Gasteiger partial charge in [-0.25, -0.2) is 4.98 Å². The van der Waals surface area contributed by atoms with E-state index in [1.54, 1.807) is 30.0 Å². The maximum absolute atomic E-state index is 13.0. The van der Waals surface area contributed by atoms with Crippen molar-refractivity contribution in [3.8, 4) is 0 Å². The molecular formula is C20H19N3O3. The Bertz CT molecular complexity index is 919. The molecular weight excluding hydrogens is 330 g/mol. The van der Waals surface area contributed by atoms with E-state index in [0.717, 1.165) is 11.1 Å². The third-order valence-electron chi connectivity index (χ3n) is 4.03. The molecule has 0 bridgehead atoms. The number of carbonyl (C=O) groups is 2. The van der Waals surface area contributed by atoms with Crippen LogP contribution in [0.4, 0.5) is 0 Å². The predicted octanol–water partition coefficient (Wildman–Crippen LogP) is 2.92. The van der Waals surface area contributed by atoms with Gasteiger partial charge in [0.05, 0.1) is 5.69 Å². The molecule has 0 unspecified atom stereocenters. The smallest absolute Gasteiger partial charge is 0.292 e. The molecule has 2 amide bonds. The lowest BCUT2D eigenvalue weighted by molar-refractivity contribution is 0.0696. The van der Waals surface area contributed by atoms with E-state index >= 15 is 0 Å². The van der Waals surface area contributed by atoms with Gasteiger partial charge in [0, 0.05) is 18.7 Å². The fraction of sp³-hybridized carbons (Fsp3) is 0.150. The molecule has 0 saturated heterocycles. The van der Waals surface area contributed by atoms with Crippen molar-refractivity contribution < 1.29 is 14.0 Å². The van der Waals surface area contributed by atoms with E-state index in [0.29, 0.717) is 24.3 Å². The van der Waals surface area contributed by atoms with Crippen molar-refractivity contribution in [2.75, 3.05) is 0 Å². The van der Waals surface area contributed by atoms with Crippen molar-refractivity contribution in [3.63, 3.8) is 0 Å². The zero-order valence-electron chi connectivity index (χ0n) is 14.4. The van der Waals surface area contributed by atoms with Crippen molar-refractivity contribution in [2.24, 2.45) is 5.73 Å². The van der Waals surface area contributed by atoms with Crippen molar-refractivity contribution in [3.05, 3.63) is 89.1 Å². The van der Waals surface area contributed by atoms with Gasteiger partial charge in [0.25, 0.3) is 5.91 Å². The third kappa shape index (κ3) is 3.97. The van der Waals surface area contributed by atoms with Crippen LogP contribution in [0, 0.1) is 6.92 Å². The molecule has 0 fully saturated rings. The van der Waals surface area contributed by atoms with Gasteiger partial charge in [-0.05, 0) is 30.2 Å². The summed E-state index contributed by atoms with van der Waals surface area (Å²) in [7, 11) is 0. The SMILES string of the molecule is Cc1ncoc1C(=O)N(Cc1ccccc1)Cc1cccc(C(N)=O)c1. The molecule has 2 N–H and O–H groups in total. The molecule has 1 heterocycles. The maximum Gasteiger partial charge on any atom is 0.292 e. The lowest BCUT2D eigenvalue weighted by atomic mass is 10.1. The molecule has 0 aliphatic heterocycles. The highest BCUT2D eigenvalue weighted by molar-refractivity contribution is 5.93. The number of rotatable bonds is 6. The normalized spacial score (nSPS) is 10.5. The van der Waals surface area contributed by atoms with E-state index in [4.69, 9.17) is 10.2 Å². The average Bonchev–Trinajstić information content (AvgIpc) is 3.07. The summed E-state index contributed by atoms with van der Waals surface area (Å²) in [6.07, 6.45) is 1.26. The summed E-state index contributed by atoms with van der Waals surface area (Å²) in [6.45, 7) is 2.45. The van der Waals surface area contributed by atoms with Gasteiger partial charge in [-0.2, -0.15) is 0 Å². The molecule has 0 aliphatic carbocycles. The zero-order chi connectivity index (χ0) is 18.5. The number of nitrogens with zero attached hydrogens (tertiary/aromatic N) is 2. The van der Waals surface area contributed by atoms with E-state index in [2.05, 4.69) is 4.98 Å². The molecule has 1 aromatic heterocycles. The number of nitrogens with two attached hydrogens (primary N) is 1. The molecule has 0 spiro atoms. The fourth-order valence-corrected chi connectivity index (χ4v) is 2.70. The Hall–Kier alpha value is -3.41. The van der Waals surface area contributed by atoms with Crippen LogP contribution in [-0.4, -0.2) is 21.7 Å². The first-order valence-corrected chi connectivity index (χ1v) is 8.16. The van der Waals surface area contributed by atoms with E-state index < -0.39 is 5.91 Å². The fourth-order valence-electron chi connectivity index (χ4n) is 2.70. The Balaban J connectivity index is 1.90. The van der Waals surface area contributed by atoms with Gasteiger partial charge in [0.15, 0.2) is 6.39 Å². The number of hydrogen-bond acceptors (Lipinski definition) is 4. The second-order valence-corrected chi connectivity index (χ2v) is 5.98. The summed E-state index contributed by atoms with van der Waals surface area (Å²) in [5, 5.41) is 0. The summed E-state index contributed by atoms with van der Waals surface area (Å²) in [6, 6.07) is 16.6. The lowest BCUT2D eigenvalue weighted by Gasteiger charge is -2.22. The standard InChI is InChI=1S/C20H19N3O3/c1-14-18(26-13-22-14)20(25)23(11-15-6-3-2-4-7-15)12-16-8-5-9-17(10-16)19(21)24/h2-10,13H,11-12H2,1H3,(H2,21,24). The number of primary amides is 1. The molecule has 2 aromatic carbocycles. The van der Waals surface area contributed by atoms with Crippen molar-refractivity contribution in [2.45, 2.75) is 20.0 Å². The van der Waals surface area contributed by atoms with Crippen LogP contribution in [0.25, 0.3) is 0 Å². The van der Waals surface area contributed by atoms with Crippen LogP contribution in [0.2, 0.25) is 0 Å². The van der Waals surface area contributed by atoms with Crippen LogP contribution in [0.3, 0.4) is 0 Å². The van der Waals surface area contributed by atoms with Gasteiger partial charge in [-0.15, -0.1) is 0 Å². The van der Waals surface area contributed by atoms with Gasteiger partial charge in [0.2, 0.25) is 11.7 Å². The molecule has 26 heavy (non-hydrogen) atoms. The number of aryl methyl sites for hydroxylation is 1. The first-order chi connectivity index (χ1) is 12.5. The number of amides is 2. The molecule has 0 atom stereocenters. The van der Waals surface area contributed by atoms with E-state index in [-0.39, 0.29) is 11.7 Å². The van der Waals surface area contributed by atoms with Gasteiger partial charge < -0.3 is 15.1 Å². The van der Waals surface area contributed by atoms with Crippen LogP contribution < -0.4 is 5.73 Å². The summed E-state index contributed by atoms with van der Waals surface area (Å²) >= 11 is 0. The molecule has 6 nitrogen and oxygen atoms in total. The van der Waals surface area contributed by atoms with E-state index in [1.165, 1.54) is 6.39 Å². The minimum Gasteiger partial charge on any atom is -0.438 e. The van der Waals surface area contributed by atoms with Crippen molar-refractivity contribution in [1.29, 1.82) is 0 Å². The maximum atomic E-state index is 13.0. The molecule has 0 saturated carbocycles. The average molecular weight is 349 g/mol. The number of aromatic nitrogens is 1. The highest BCUT2D eigenvalue weighted by Gasteiger charge is 2.22. The summed E-state index contributed by atoms with van der Waals surface area (Å²) in [5.74, 6) is -0.542. The van der Waals surface area contributed by atoms with E-state index in [1.807, 2.05) is 36.4 Å². The van der Waals surface area contributed by atoms with Gasteiger partial charge >= 0.3 is 0 Å². The largest absolute Gasteiger partial charge is 0.438 e. The van der Waals surface area contributed by atoms with Crippen LogP contribution in [0.1, 0.15) is 37.7 Å². The number of carbonyl (C=O) groups excluding carboxylic acids is 2. The van der Waals surface area contributed by atoms with Crippen LogP contribution >= 0.6 is 0 Å². The topological polar surface area (TPSA) is 89.4 Å². The minimum absolute atomic E-state index is 0.215. The number of hydrogen-bond donors (Lipinski definition) is 1. The first-order valence-electron chi connectivity index (χ1n) is 8.16. The zero-order valence-corrected chi connectivity index (χ0v) is 14.4. The summed E-state index contributed by atoms with van der Waals surface area (Å²) in [5.41, 5.74) is 8.10. The Morgan fingerprint density at radius 3 is 2.38 bits per heavy atom. The molecule has 0 radical (unpaired) electrons. The van der Waals surface area contributed by atoms with Gasteiger partial charge in [-0.1, -0.05) is 42.5 Å². The highest BCUT2D eigenvalue weighted by Crippen LogP contribution is 2.17. The first kappa shape index (κ1) is 17.4. The summed E-state index contributed by atoms with van der Waals surface area (Å²) in [4.78, 5) is 30.0. The highest BCUT2D eigenvalue weighted by atomic mass is 16.3. The number of oxazole rings is 1. The summed E-state index contributed by atoms with van der Waals surface area (Å²) < 4.78 is 5.27. The molecule has 6 heteroatoms.